The van der Waals surface area contributed by atoms with Crippen molar-refractivity contribution < 1.29 is 14.7 Å². The topological polar surface area (TPSA) is 57.6 Å². The predicted molar refractivity (Wildman–Crippen MR) is 91.1 cm³/mol. The minimum Gasteiger partial charge on any atom is -0.503 e. The highest BCUT2D eigenvalue weighted by atomic mass is 79.9. The molecule has 1 atom stereocenters. The van der Waals surface area contributed by atoms with E-state index in [0.29, 0.717) is 5.69 Å². The van der Waals surface area contributed by atoms with Crippen LogP contribution in [-0.2, 0) is 9.59 Å². The van der Waals surface area contributed by atoms with Gasteiger partial charge in [-0.15, -0.1) is 0 Å². The van der Waals surface area contributed by atoms with Gasteiger partial charge in [0, 0.05) is 10.2 Å². The van der Waals surface area contributed by atoms with Crippen LogP contribution >= 0.6 is 15.9 Å². The molecule has 1 aliphatic heterocycles. The van der Waals surface area contributed by atoms with Crippen molar-refractivity contribution in [3.63, 3.8) is 0 Å². The summed E-state index contributed by atoms with van der Waals surface area (Å²) in [7, 11) is 0. The quantitative estimate of drug-likeness (QED) is 0.888. The number of carbonyl (C=O) groups excluding carboxylic acids is 2. The standard InChI is InChI=1S/C18H14BrNO3/c1-11(21)15-16(12-6-3-2-4-7-12)20(18(23)17(15)22)14-9-5-8-13(19)10-14/h2-10,16,22H,1H3/t16-/m1/s1. The van der Waals surface area contributed by atoms with Crippen LogP contribution in [0.1, 0.15) is 18.5 Å². The molecular formula is C18H14BrNO3. The van der Waals surface area contributed by atoms with Gasteiger partial charge in [-0.05, 0) is 30.7 Å². The average molecular weight is 372 g/mol. The fraction of sp³-hybridized carbons (Fsp3) is 0.111. The average Bonchev–Trinajstić information content (AvgIpc) is 2.80. The molecule has 0 bridgehead atoms. The van der Waals surface area contributed by atoms with E-state index in [-0.39, 0.29) is 11.4 Å². The zero-order valence-electron chi connectivity index (χ0n) is 12.4. The fourth-order valence-electron chi connectivity index (χ4n) is 2.81. The molecule has 116 valence electrons. The Bertz CT molecular complexity index is 814. The van der Waals surface area contributed by atoms with Gasteiger partial charge in [-0.3, -0.25) is 14.5 Å². The van der Waals surface area contributed by atoms with Crippen molar-refractivity contribution in [2.75, 3.05) is 4.90 Å². The number of carbonyl (C=O) groups is 2. The zero-order chi connectivity index (χ0) is 16.6. The Morgan fingerprint density at radius 1 is 1.13 bits per heavy atom. The lowest BCUT2D eigenvalue weighted by Crippen LogP contribution is -2.30. The number of hydrogen-bond donors (Lipinski definition) is 1. The van der Waals surface area contributed by atoms with Crippen LogP contribution in [0.5, 0.6) is 0 Å². The van der Waals surface area contributed by atoms with E-state index in [1.165, 1.54) is 11.8 Å². The highest BCUT2D eigenvalue weighted by molar-refractivity contribution is 9.10. The summed E-state index contributed by atoms with van der Waals surface area (Å²) in [6.07, 6.45) is 0. The number of nitrogens with zero attached hydrogens (tertiary/aromatic N) is 1. The van der Waals surface area contributed by atoms with Crippen molar-refractivity contribution in [3.8, 4) is 0 Å². The molecule has 1 heterocycles. The van der Waals surface area contributed by atoms with E-state index in [0.717, 1.165) is 10.0 Å². The number of benzene rings is 2. The Hall–Kier alpha value is -2.40. The third-order valence-electron chi connectivity index (χ3n) is 3.79. The second-order valence-corrected chi connectivity index (χ2v) is 6.20. The summed E-state index contributed by atoms with van der Waals surface area (Å²) >= 11 is 3.38. The van der Waals surface area contributed by atoms with E-state index in [1.807, 2.05) is 36.4 Å². The molecular weight excluding hydrogens is 358 g/mol. The molecule has 5 heteroatoms. The Kier molecular flexibility index (Phi) is 4.05. The molecule has 1 amide bonds. The van der Waals surface area contributed by atoms with Gasteiger partial charge < -0.3 is 5.11 Å². The SMILES string of the molecule is CC(=O)C1=C(O)C(=O)N(c2cccc(Br)c2)[C@@H]1c1ccccc1. The number of aliphatic hydroxyl groups excluding tert-OH is 1. The molecule has 0 spiro atoms. The smallest absolute Gasteiger partial charge is 0.294 e. The minimum absolute atomic E-state index is 0.126. The van der Waals surface area contributed by atoms with Crippen molar-refractivity contribution in [3.05, 3.63) is 76.0 Å². The van der Waals surface area contributed by atoms with Crippen molar-refractivity contribution in [1.29, 1.82) is 0 Å². The number of ketones is 1. The molecule has 0 aliphatic carbocycles. The first-order valence-electron chi connectivity index (χ1n) is 7.09. The minimum atomic E-state index is -0.629. The molecule has 0 unspecified atom stereocenters. The van der Waals surface area contributed by atoms with Gasteiger partial charge in [0.2, 0.25) is 0 Å². The van der Waals surface area contributed by atoms with Crippen LogP contribution in [0, 0.1) is 0 Å². The Balaban J connectivity index is 2.19. The van der Waals surface area contributed by atoms with Crippen LogP contribution in [0.15, 0.2) is 70.4 Å². The molecule has 0 radical (unpaired) electrons. The zero-order valence-corrected chi connectivity index (χ0v) is 13.9. The van der Waals surface area contributed by atoms with Crippen LogP contribution in [0.3, 0.4) is 0 Å². The fourth-order valence-corrected chi connectivity index (χ4v) is 3.19. The monoisotopic (exact) mass is 371 g/mol. The van der Waals surface area contributed by atoms with E-state index in [9.17, 15) is 14.7 Å². The van der Waals surface area contributed by atoms with Gasteiger partial charge in [0.15, 0.2) is 11.5 Å². The van der Waals surface area contributed by atoms with Crippen molar-refractivity contribution in [2.45, 2.75) is 13.0 Å². The second kappa shape index (κ2) is 6.01. The summed E-state index contributed by atoms with van der Waals surface area (Å²) in [6.45, 7) is 1.36. The second-order valence-electron chi connectivity index (χ2n) is 5.29. The molecule has 2 aromatic carbocycles. The van der Waals surface area contributed by atoms with Gasteiger partial charge in [0.1, 0.15) is 0 Å². The number of halogens is 1. The van der Waals surface area contributed by atoms with E-state index >= 15 is 0 Å². The van der Waals surface area contributed by atoms with Gasteiger partial charge in [-0.1, -0.05) is 52.3 Å². The Labute approximate surface area is 142 Å². The third kappa shape index (κ3) is 2.68. The molecule has 0 fully saturated rings. The van der Waals surface area contributed by atoms with Gasteiger partial charge in [0.05, 0.1) is 11.6 Å². The molecule has 1 N–H and O–H groups in total. The highest BCUT2D eigenvalue weighted by Gasteiger charge is 2.43. The maximum absolute atomic E-state index is 12.6. The van der Waals surface area contributed by atoms with E-state index in [4.69, 9.17) is 0 Å². The van der Waals surface area contributed by atoms with E-state index < -0.39 is 17.7 Å². The summed E-state index contributed by atoms with van der Waals surface area (Å²) in [5, 5.41) is 10.2. The third-order valence-corrected chi connectivity index (χ3v) is 4.28. The lowest BCUT2D eigenvalue weighted by atomic mass is 9.96. The predicted octanol–water partition coefficient (Wildman–Crippen LogP) is 3.94. The first-order valence-corrected chi connectivity index (χ1v) is 7.88. The van der Waals surface area contributed by atoms with E-state index in [1.54, 1.807) is 18.2 Å². The molecule has 4 nitrogen and oxygen atoms in total. The molecule has 2 aromatic rings. The van der Waals surface area contributed by atoms with Crippen LogP contribution in [0.2, 0.25) is 0 Å². The molecule has 1 aliphatic rings. The number of Topliss-reactive ketones (excluding diaryl/α,β-unsaturated/α-hetero) is 1. The maximum atomic E-state index is 12.6. The first kappa shape index (κ1) is 15.5. The van der Waals surface area contributed by atoms with Gasteiger partial charge in [-0.2, -0.15) is 0 Å². The molecule has 23 heavy (non-hydrogen) atoms. The van der Waals surface area contributed by atoms with Crippen LogP contribution in [0.25, 0.3) is 0 Å². The lowest BCUT2D eigenvalue weighted by Gasteiger charge is -2.26. The van der Waals surface area contributed by atoms with E-state index in [2.05, 4.69) is 15.9 Å². The van der Waals surface area contributed by atoms with Gasteiger partial charge in [-0.25, -0.2) is 0 Å². The molecule has 0 aromatic heterocycles. The Morgan fingerprint density at radius 3 is 2.43 bits per heavy atom. The number of rotatable bonds is 3. The molecule has 3 rings (SSSR count). The summed E-state index contributed by atoms with van der Waals surface area (Å²) in [5.74, 6) is -1.37. The lowest BCUT2D eigenvalue weighted by molar-refractivity contribution is -0.117. The van der Waals surface area contributed by atoms with Gasteiger partial charge in [0.25, 0.3) is 5.91 Å². The van der Waals surface area contributed by atoms with Crippen LogP contribution in [-0.4, -0.2) is 16.8 Å². The number of aliphatic hydroxyl groups is 1. The van der Waals surface area contributed by atoms with Crippen molar-refractivity contribution in [1.82, 2.24) is 0 Å². The summed E-state index contributed by atoms with van der Waals surface area (Å²) in [6, 6.07) is 15.8. The van der Waals surface area contributed by atoms with Gasteiger partial charge >= 0.3 is 0 Å². The first-order chi connectivity index (χ1) is 11.0. The number of hydrogen-bond acceptors (Lipinski definition) is 3. The normalized spacial score (nSPS) is 17.7. The highest BCUT2D eigenvalue weighted by Crippen LogP contribution is 2.41. The Morgan fingerprint density at radius 2 is 1.83 bits per heavy atom. The summed E-state index contributed by atoms with van der Waals surface area (Å²) in [5.41, 5.74) is 1.51. The van der Waals surface area contributed by atoms with Crippen molar-refractivity contribution in [2.24, 2.45) is 0 Å². The molecule has 0 saturated carbocycles. The number of anilines is 1. The van der Waals surface area contributed by atoms with Crippen LogP contribution in [0.4, 0.5) is 5.69 Å². The summed E-state index contributed by atoms with van der Waals surface area (Å²) < 4.78 is 0.811. The largest absolute Gasteiger partial charge is 0.503 e. The maximum Gasteiger partial charge on any atom is 0.294 e. The number of amides is 1. The summed E-state index contributed by atoms with van der Waals surface area (Å²) in [4.78, 5) is 26.0. The van der Waals surface area contributed by atoms with Crippen LogP contribution < -0.4 is 4.90 Å². The molecule has 0 saturated heterocycles. The van der Waals surface area contributed by atoms with Crippen molar-refractivity contribution >= 4 is 33.3 Å².